The Morgan fingerprint density at radius 2 is 2.10 bits per heavy atom. The Balaban J connectivity index is 1.36. The van der Waals surface area contributed by atoms with Crippen LogP contribution in [-0.4, -0.2) is 27.9 Å². The monoisotopic (exact) mass is 408 g/mol. The van der Waals surface area contributed by atoms with E-state index in [0.717, 1.165) is 47.3 Å². The van der Waals surface area contributed by atoms with Gasteiger partial charge in [-0.25, -0.2) is 4.98 Å². The molecule has 0 fully saturated rings. The predicted molar refractivity (Wildman–Crippen MR) is 113 cm³/mol. The van der Waals surface area contributed by atoms with E-state index in [0.29, 0.717) is 17.6 Å². The van der Waals surface area contributed by atoms with Crippen LogP contribution in [0.4, 0.5) is 11.4 Å². The first-order valence-corrected chi connectivity index (χ1v) is 10.5. The number of amides is 2. The summed E-state index contributed by atoms with van der Waals surface area (Å²) in [6, 6.07) is 5.54. The molecule has 2 aromatic heterocycles. The highest BCUT2D eigenvalue weighted by Gasteiger charge is 2.23. The molecule has 1 aliphatic carbocycles. The van der Waals surface area contributed by atoms with E-state index in [1.165, 1.54) is 15.8 Å². The Kier molecular flexibility index (Phi) is 4.24. The lowest BCUT2D eigenvalue weighted by Crippen LogP contribution is -2.28. The third-order valence-electron chi connectivity index (χ3n) is 5.64. The maximum absolute atomic E-state index is 12.9. The second kappa shape index (κ2) is 6.81. The van der Waals surface area contributed by atoms with Gasteiger partial charge in [0.25, 0.3) is 5.56 Å². The highest BCUT2D eigenvalue weighted by Crippen LogP contribution is 2.34. The van der Waals surface area contributed by atoms with Gasteiger partial charge in [-0.05, 0) is 55.0 Å². The topological polar surface area (TPSA) is 84.3 Å². The largest absolute Gasteiger partial charge is 0.325 e. The lowest BCUT2D eigenvalue weighted by Gasteiger charge is -2.15. The summed E-state index contributed by atoms with van der Waals surface area (Å²) in [5.74, 6) is -0.260. The molecule has 0 spiro atoms. The first kappa shape index (κ1) is 18.1. The van der Waals surface area contributed by atoms with Gasteiger partial charge in [0.2, 0.25) is 11.8 Å². The molecule has 0 saturated carbocycles. The quantitative estimate of drug-likeness (QED) is 0.722. The van der Waals surface area contributed by atoms with Gasteiger partial charge in [-0.1, -0.05) is 0 Å². The van der Waals surface area contributed by atoms with Crippen LogP contribution in [0.5, 0.6) is 0 Å². The number of carbonyl (C=O) groups is 2. The number of fused-ring (bicyclic) bond motifs is 4. The molecule has 0 atom stereocenters. The van der Waals surface area contributed by atoms with Crippen molar-refractivity contribution >= 4 is 44.7 Å². The highest BCUT2D eigenvalue weighted by atomic mass is 32.1. The number of aromatic nitrogens is 2. The van der Waals surface area contributed by atoms with Crippen LogP contribution in [0.3, 0.4) is 0 Å². The molecule has 8 heteroatoms. The third kappa shape index (κ3) is 3.04. The Morgan fingerprint density at radius 1 is 1.24 bits per heavy atom. The molecule has 0 radical (unpaired) electrons. The fraction of sp³-hybridized carbons (Fsp3) is 0.333. The molecule has 2 amide bonds. The maximum Gasteiger partial charge on any atom is 0.262 e. The number of hydrogen-bond donors (Lipinski definition) is 1. The molecule has 1 aliphatic heterocycles. The number of nitrogens with zero attached hydrogens (tertiary/aromatic N) is 3. The molecule has 0 bridgehead atoms. The number of anilines is 2. The van der Waals surface area contributed by atoms with Crippen LogP contribution in [0.25, 0.3) is 10.2 Å². The normalized spacial score (nSPS) is 14.9. The van der Waals surface area contributed by atoms with Crippen LogP contribution < -0.4 is 15.8 Å². The number of aryl methyl sites for hydroxylation is 2. The van der Waals surface area contributed by atoms with Crippen LogP contribution in [0.2, 0.25) is 0 Å². The summed E-state index contributed by atoms with van der Waals surface area (Å²) >= 11 is 1.59. The Morgan fingerprint density at radius 3 is 2.93 bits per heavy atom. The second-order valence-electron chi connectivity index (χ2n) is 7.53. The predicted octanol–water partition coefficient (Wildman–Crippen LogP) is 2.49. The van der Waals surface area contributed by atoms with E-state index in [1.807, 2.05) is 12.1 Å². The Labute approximate surface area is 171 Å². The van der Waals surface area contributed by atoms with Gasteiger partial charge in [0, 0.05) is 29.7 Å². The average molecular weight is 408 g/mol. The number of carbonyl (C=O) groups excluding carboxylic acids is 2. The van der Waals surface area contributed by atoms with Gasteiger partial charge < -0.3 is 10.2 Å². The van der Waals surface area contributed by atoms with Crippen molar-refractivity contribution in [2.45, 2.75) is 39.2 Å². The minimum atomic E-state index is -0.276. The average Bonchev–Trinajstić information content (AvgIpc) is 3.37. The van der Waals surface area contributed by atoms with E-state index < -0.39 is 0 Å². The molecule has 2 aliphatic rings. The van der Waals surface area contributed by atoms with Crippen LogP contribution in [0, 0.1) is 0 Å². The number of thiophene rings is 1. The zero-order valence-corrected chi connectivity index (χ0v) is 16.8. The zero-order chi connectivity index (χ0) is 20.1. The molecular weight excluding hydrogens is 388 g/mol. The maximum atomic E-state index is 12.9. The lowest BCUT2D eigenvalue weighted by atomic mass is 10.1. The van der Waals surface area contributed by atoms with E-state index in [-0.39, 0.29) is 23.9 Å². The van der Waals surface area contributed by atoms with E-state index in [9.17, 15) is 14.4 Å². The fourth-order valence-corrected chi connectivity index (χ4v) is 5.51. The Bertz CT molecular complexity index is 1230. The summed E-state index contributed by atoms with van der Waals surface area (Å²) in [6.45, 7) is 2.13. The summed E-state index contributed by atoms with van der Waals surface area (Å²) in [5.41, 5.74) is 3.57. The summed E-state index contributed by atoms with van der Waals surface area (Å²) < 4.78 is 1.38. The van der Waals surface area contributed by atoms with Gasteiger partial charge in [0.15, 0.2) is 0 Å². The fourth-order valence-electron chi connectivity index (χ4n) is 4.29. The molecule has 148 valence electrons. The molecule has 3 aromatic rings. The Hall–Kier alpha value is -3.00. The zero-order valence-electron chi connectivity index (χ0n) is 16.0. The number of hydrogen-bond acceptors (Lipinski definition) is 5. The number of nitrogens with one attached hydrogen (secondary N) is 1. The summed E-state index contributed by atoms with van der Waals surface area (Å²) in [4.78, 5) is 45.3. The molecule has 1 aromatic carbocycles. The first-order valence-electron chi connectivity index (χ1n) is 9.72. The minimum absolute atomic E-state index is 0.0164. The van der Waals surface area contributed by atoms with Crippen LogP contribution in [0.15, 0.2) is 29.3 Å². The molecule has 1 N–H and O–H groups in total. The van der Waals surface area contributed by atoms with Crippen LogP contribution in [0.1, 0.15) is 29.3 Å². The van der Waals surface area contributed by atoms with Gasteiger partial charge in [0.1, 0.15) is 11.4 Å². The van der Waals surface area contributed by atoms with Gasteiger partial charge >= 0.3 is 0 Å². The van der Waals surface area contributed by atoms with Crippen molar-refractivity contribution in [2.24, 2.45) is 0 Å². The lowest BCUT2D eigenvalue weighted by molar-refractivity contribution is -0.117. The molecule has 0 saturated heterocycles. The number of rotatable bonds is 3. The van der Waals surface area contributed by atoms with Crippen molar-refractivity contribution in [3.05, 3.63) is 50.9 Å². The molecule has 3 heterocycles. The minimum Gasteiger partial charge on any atom is -0.325 e. The molecule has 5 rings (SSSR count). The molecular formula is C21H20N4O3S. The van der Waals surface area contributed by atoms with E-state index in [1.54, 1.807) is 29.2 Å². The van der Waals surface area contributed by atoms with E-state index >= 15 is 0 Å². The van der Waals surface area contributed by atoms with Crippen molar-refractivity contribution in [3.8, 4) is 0 Å². The summed E-state index contributed by atoms with van der Waals surface area (Å²) in [7, 11) is 0. The van der Waals surface area contributed by atoms with Crippen molar-refractivity contribution in [1.29, 1.82) is 0 Å². The SMILES string of the molecule is CC(=O)N1CCc2cc(NC(=O)Cn3cnc4sc5c(c4c3=O)CCC5)ccc21. The summed E-state index contributed by atoms with van der Waals surface area (Å²) in [6.07, 6.45) is 5.22. The van der Waals surface area contributed by atoms with E-state index in [4.69, 9.17) is 0 Å². The van der Waals surface area contributed by atoms with Gasteiger partial charge in [-0.2, -0.15) is 0 Å². The van der Waals surface area contributed by atoms with Crippen molar-refractivity contribution in [3.63, 3.8) is 0 Å². The van der Waals surface area contributed by atoms with Crippen molar-refractivity contribution in [1.82, 2.24) is 9.55 Å². The van der Waals surface area contributed by atoms with Gasteiger partial charge in [-0.15, -0.1) is 11.3 Å². The van der Waals surface area contributed by atoms with Crippen molar-refractivity contribution < 1.29 is 9.59 Å². The first-order chi connectivity index (χ1) is 14.0. The van der Waals surface area contributed by atoms with Crippen LogP contribution >= 0.6 is 11.3 Å². The number of benzene rings is 1. The standard InChI is InChI=1S/C21H20N4O3S/c1-12(26)25-8-7-13-9-14(5-6-16(13)25)23-18(27)10-24-11-22-20-19(21(24)28)15-3-2-4-17(15)29-20/h5-6,9,11H,2-4,7-8,10H2,1H3,(H,23,27). The molecule has 7 nitrogen and oxygen atoms in total. The molecule has 0 unspecified atom stereocenters. The van der Waals surface area contributed by atoms with Gasteiger partial charge in [-0.3, -0.25) is 19.0 Å². The third-order valence-corrected chi connectivity index (χ3v) is 6.84. The second-order valence-corrected chi connectivity index (χ2v) is 8.61. The van der Waals surface area contributed by atoms with Crippen molar-refractivity contribution in [2.75, 3.05) is 16.8 Å². The summed E-state index contributed by atoms with van der Waals surface area (Å²) in [5, 5.41) is 3.54. The highest BCUT2D eigenvalue weighted by molar-refractivity contribution is 7.18. The van der Waals surface area contributed by atoms with Gasteiger partial charge in [0.05, 0.1) is 11.7 Å². The van der Waals surface area contributed by atoms with E-state index in [2.05, 4.69) is 10.3 Å². The smallest absolute Gasteiger partial charge is 0.262 e. The molecule has 29 heavy (non-hydrogen) atoms. The van der Waals surface area contributed by atoms with Crippen LogP contribution in [-0.2, 0) is 35.4 Å².